The highest BCUT2D eigenvalue weighted by molar-refractivity contribution is 6.42. The number of carbonyl (C=O) groups is 3. The van der Waals surface area contributed by atoms with E-state index in [4.69, 9.17) is 23.2 Å². The van der Waals surface area contributed by atoms with Crippen LogP contribution in [0.25, 0.3) is 0 Å². The number of aliphatic hydroxyl groups is 1. The van der Waals surface area contributed by atoms with E-state index < -0.39 is 29.9 Å². The predicted octanol–water partition coefficient (Wildman–Crippen LogP) is 1.91. The van der Waals surface area contributed by atoms with Crippen molar-refractivity contribution in [1.82, 2.24) is 10.2 Å². The molecule has 1 fully saturated rings. The van der Waals surface area contributed by atoms with Crippen LogP contribution < -0.4 is 5.32 Å². The van der Waals surface area contributed by atoms with Gasteiger partial charge in [-0.1, -0.05) is 41.4 Å². The Balaban J connectivity index is 2.38. The first-order chi connectivity index (χ1) is 10.4. The maximum atomic E-state index is 12.3. The average molecular weight is 343 g/mol. The zero-order chi connectivity index (χ0) is 16.4. The number of amides is 4. The molecule has 6 nitrogen and oxygen atoms in total. The number of urea groups is 1. The third-order valence-electron chi connectivity index (χ3n) is 3.22. The Hall–Kier alpha value is -1.89. The van der Waals surface area contributed by atoms with Crippen molar-refractivity contribution in [2.24, 2.45) is 5.92 Å². The number of hydrogen-bond donors (Lipinski definition) is 2. The van der Waals surface area contributed by atoms with Gasteiger partial charge in [0.1, 0.15) is 12.0 Å². The lowest BCUT2D eigenvalue weighted by Crippen LogP contribution is -2.59. The van der Waals surface area contributed by atoms with E-state index in [0.29, 0.717) is 0 Å². The molecule has 1 aliphatic rings. The van der Waals surface area contributed by atoms with Crippen molar-refractivity contribution >= 4 is 41.0 Å². The van der Waals surface area contributed by atoms with E-state index in [0.717, 1.165) is 4.90 Å². The maximum Gasteiger partial charge on any atom is 0.331 e. The van der Waals surface area contributed by atoms with Gasteiger partial charge in [-0.05, 0) is 6.07 Å². The number of nitrogens with one attached hydrogen (secondary N) is 1. The van der Waals surface area contributed by atoms with Crippen molar-refractivity contribution < 1.29 is 19.5 Å². The van der Waals surface area contributed by atoms with Gasteiger partial charge in [-0.3, -0.25) is 19.8 Å². The summed E-state index contributed by atoms with van der Waals surface area (Å²) < 4.78 is 0. The quantitative estimate of drug-likeness (QED) is 0.646. The molecule has 8 heteroatoms. The van der Waals surface area contributed by atoms with Gasteiger partial charge in [0.25, 0.3) is 0 Å². The topological polar surface area (TPSA) is 86.7 Å². The zero-order valence-electron chi connectivity index (χ0n) is 11.3. The Morgan fingerprint density at radius 1 is 1.36 bits per heavy atom. The molecule has 1 saturated heterocycles. The van der Waals surface area contributed by atoms with Gasteiger partial charge in [-0.15, -0.1) is 6.58 Å². The van der Waals surface area contributed by atoms with E-state index in [9.17, 15) is 19.5 Å². The number of barbiturate groups is 1. The number of aliphatic hydroxyl groups excluding tert-OH is 1. The molecule has 2 atom stereocenters. The van der Waals surface area contributed by atoms with Crippen LogP contribution in [-0.4, -0.2) is 34.4 Å². The van der Waals surface area contributed by atoms with Crippen LogP contribution in [0.15, 0.2) is 30.9 Å². The monoisotopic (exact) mass is 342 g/mol. The fourth-order valence-electron chi connectivity index (χ4n) is 2.14. The molecule has 0 spiro atoms. The molecular formula is C14H12Cl2N2O4. The van der Waals surface area contributed by atoms with Crippen molar-refractivity contribution in [1.29, 1.82) is 0 Å². The number of nitrogens with zero attached hydrogens (tertiary/aromatic N) is 1. The smallest absolute Gasteiger partial charge is 0.331 e. The van der Waals surface area contributed by atoms with Crippen molar-refractivity contribution in [3.63, 3.8) is 0 Å². The van der Waals surface area contributed by atoms with Gasteiger partial charge in [0.15, 0.2) is 0 Å². The molecule has 0 unspecified atom stereocenters. The number of carbonyl (C=O) groups excluding carboxylic acids is 3. The lowest BCUT2D eigenvalue weighted by Gasteiger charge is -2.32. The van der Waals surface area contributed by atoms with Crippen LogP contribution in [0, 0.1) is 5.92 Å². The molecule has 1 heterocycles. The predicted molar refractivity (Wildman–Crippen MR) is 80.4 cm³/mol. The highest BCUT2D eigenvalue weighted by Gasteiger charge is 2.45. The first kappa shape index (κ1) is 16.5. The first-order valence-electron chi connectivity index (χ1n) is 6.27. The van der Waals surface area contributed by atoms with Crippen LogP contribution in [0.4, 0.5) is 4.79 Å². The second-order valence-electron chi connectivity index (χ2n) is 4.60. The molecule has 2 rings (SSSR count). The van der Waals surface area contributed by atoms with E-state index in [1.165, 1.54) is 24.3 Å². The molecular weight excluding hydrogens is 331 g/mol. The van der Waals surface area contributed by atoms with Crippen LogP contribution in [-0.2, 0) is 9.59 Å². The summed E-state index contributed by atoms with van der Waals surface area (Å²) in [6, 6.07) is 3.64. The second kappa shape index (κ2) is 6.48. The van der Waals surface area contributed by atoms with Crippen LogP contribution in [0.2, 0.25) is 10.0 Å². The Morgan fingerprint density at radius 3 is 2.68 bits per heavy atom. The zero-order valence-corrected chi connectivity index (χ0v) is 12.8. The van der Waals surface area contributed by atoms with Crippen LogP contribution in [0.5, 0.6) is 0 Å². The summed E-state index contributed by atoms with van der Waals surface area (Å²) in [5.41, 5.74) is 0.135. The fraction of sp³-hybridized carbons (Fsp3) is 0.214. The number of rotatable bonds is 4. The number of imide groups is 2. The number of hydrogen-bond acceptors (Lipinski definition) is 4. The molecule has 0 aliphatic carbocycles. The standard InChI is InChI=1S/C14H12Cl2N2O4/c1-2-6-18-13(21)9(12(20)17-14(18)22)11(19)7-4-3-5-8(15)10(7)16/h2-5,9,11,19H,1,6H2,(H,17,20,22)/t9-,11+/m1/s1. The Bertz CT molecular complexity index is 662. The second-order valence-corrected chi connectivity index (χ2v) is 5.38. The summed E-state index contributed by atoms with van der Waals surface area (Å²) in [6.07, 6.45) is -0.192. The minimum absolute atomic E-state index is 0.0458. The van der Waals surface area contributed by atoms with E-state index >= 15 is 0 Å². The summed E-state index contributed by atoms with van der Waals surface area (Å²) in [5, 5.41) is 12.6. The summed E-state index contributed by atoms with van der Waals surface area (Å²) in [5.74, 6) is -3.20. The molecule has 1 aliphatic heterocycles. The lowest BCUT2D eigenvalue weighted by atomic mass is 9.92. The van der Waals surface area contributed by atoms with E-state index in [1.54, 1.807) is 0 Å². The molecule has 2 N–H and O–H groups in total. The van der Waals surface area contributed by atoms with Crippen LogP contribution >= 0.6 is 23.2 Å². The van der Waals surface area contributed by atoms with Gasteiger partial charge in [0, 0.05) is 12.1 Å². The molecule has 0 radical (unpaired) electrons. The Morgan fingerprint density at radius 2 is 2.05 bits per heavy atom. The molecule has 1 aromatic rings. The maximum absolute atomic E-state index is 12.3. The minimum Gasteiger partial charge on any atom is -0.387 e. The van der Waals surface area contributed by atoms with Gasteiger partial charge in [0.05, 0.1) is 10.0 Å². The number of benzene rings is 1. The third-order valence-corrected chi connectivity index (χ3v) is 4.05. The highest BCUT2D eigenvalue weighted by atomic mass is 35.5. The van der Waals surface area contributed by atoms with Crippen LogP contribution in [0.3, 0.4) is 0 Å². The molecule has 0 bridgehead atoms. The van der Waals surface area contributed by atoms with Crippen molar-refractivity contribution in [3.8, 4) is 0 Å². The first-order valence-corrected chi connectivity index (χ1v) is 7.03. The Labute approximate surface area is 136 Å². The summed E-state index contributed by atoms with van der Waals surface area (Å²) >= 11 is 11.9. The number of halogens is 2. The summed E-state index contributed by atoms with van der Waals surface area (Å²) in [4.78, 5) is 36.7. The largest absolute Gasteiger partial charge is 0.387 e. The molecule has 4 amide bonds. The molecule has 0 saturated carbocycles. The normalized spacial score (nSPS) is 19.9. The van der Waals surface area contributed by atoms with Crippen molar-refractivity contribution in [2.75, 3.05) is 6.54 Å². The van der Waals surface area contributed by atoms with Crippen LogP contribution in [0.1, 0.15) is 11.7 Å². The highest BCUT2D eigenvalue weighted by Crippen LogP contribution is 2.34. The van der Waals surface area contributed by atoms with Crippen molar-refractivity contribution in [3.05, 3.63) is 46.5 Å². The van der Waals surface area contributed by atoms with E-state index in [1.807, 2.05) is 5.32 Å². The van der Waals surface area contributed by atoms with E-state index in [-0.39, 0.29) is 22.2 Å². The molecule has 116 valence electrons. The molecule has 22 heavy (non-hydrogen) atoms. The third kappa shape index (κ3) is 2.85. The summed E-state index contributed by atoms with van der Waals surface area (Å²) in [6.45, 7) is 3.36. The SMILES string of the molecule is C=CCN1C(=O)NC(=O)[C@@H]([C@@H](O)c2cccc(Cl)c2Cl)C1=O. The minimum atomic E-state index is -1.53. The molecule has 0 aromatic heterocycles. The van der Waals surface area contributed by atoms with Gasteiger partial charge in [-0.25, -0.2) is 4.79 Å². The van der Waals surface area contributed by atoms with Crippen molar-refractivity contribution in [2.45, 2.75) is 6.10 Å². The average Bonchev–Trinajstić information content (AvgIpc) is 2.46. The van der Waals surface area contributed by atoms with E-state index in [2.05, 4.69) is 6.58 Å². The fourth-order valence-corrected chi connectivity index (χ4v) is 2.56. The van der Waals surface area contributed by atoms with Gasteiger partial charge < -0.3 is 5.11 Å². The van der Waals surface area contributed by atoms with Gasteiger partial charge in [0.2, 0.25) is 11.8 Å². The summed E-state index contributed by atoms with van der Waals surface area (Å²) in [7, 11) is 0. The Kier molecular flexibility index (Phi) is 4.85. The van der Waals surface area contributed by atoms with Gasteiger partial charge >= 0.3 is 6.03 Å². The lowest BCUT2D eigenvalue weighted by molar-refractivity contribution is -0.147. The molecule has 1 aromatic carbocycles. The van der Waals surface area contributed by atoms with Gasteiger partial charge in [-0.2, -0.15) is 0 Å².